The first kappa shape index (κ1) is 13.4. The highest BCUT2D eigenvalue weighted by Gasteiger charge is 2.45. The maximum atomic E-state index is 6.21. The average Bonchev–Trinajstić information content (AvgIpc) is 2.53. The van der Waals surface area contributed by atoms with Crippen LogP contribution in [0.3, 0.4) is 0 Å². The van der Waals surface area contributed by atoms with Gasteiger partial charge in [-0.05, 0) is 58.4 Å². The van der Waals surface area contributed by atoms with E-state index in [0.29, 0.717) is 11.1 Å². The van der Waals surface area contributed by atoms with Gasteiger partial charge in [-0.3, -0.25) is 4.90 Å². The normalized spacial score (nSPS) is 39.2. The summed E-state index contributed by atoms with van der Waals surface area (Å²) < 4.78 is 0. The lowest BCUT2D eigenvalue weighted by atomic mass is 9.84. The van der Waals surface area contributed by atoms with Crippen molar-refractivity contribution in [1.29, 1.82) is 0 Å². The minimum absolute atomic E-state index is 0.310. The Morgan fingerprint density at radius 1 is 1.12 bits per heavy atom. The third kappa shape index (κ3) is 2.53. The molecule has 1 aliphatic heterocycles. The molecule has 2 aliphatic rings. The first-order valence-corrected chi connectivity index (χ1v) is 7.48. The van der Waals surface area contributed by atoms with E-state index >= 15 is 0 Å². The fraction of sp³-hybridized carbons (Fsp3) is 1.00. The van der Waals surface area contributed by atoms with Crippen molar-refractivity contribution in [2.45, 2.75) is 76.8 Å². The van der Waals surface area contributed by atoms with Crippen LogP contribution >= 0.6 is 0 Å². The maximum absolute atomic E-state index is 6.21. The molecule has 0 aromatic heterocycles. The smallest absolute Gasteiger partial charge is 0.0337 e. The molecule has 0 bridgehead atoms. The molecule has 2 N–H and O–H groups in total. The van der Waals surface area contributed by atoms with Crippen molar-refractivity contribution in [2.24, 2.45) is 11.7 Å². The molecular weight excluding hydrogens is 208 g/mol. The molecule has 2 fully saturated rings. The Morgan fingerprint density at radius 3 is 2.47 bits per heavy atom. The number of likely N-dealkylation sites (tertiary alicyclic amines) is 1. The van der Waals surface area contributed by atoms with Gasteiger partial charge in [0.25, 0.3) is 0 Å². The zero-order chi connectivity index (χ0) is 12.5. The SMILES string of the molecule is CC1CCCC(CN)(N2CCCC2(C)C)CC1. The van der Waals surface area contributed by atoms with Crippen LogP contribution in [0.2, 0.25) is 0 Å². The van der Waals surface area contributed by atoms with Crippen molar-refractivity contribution in [3.8, 4) is 0 Å². The number of rotatable bonds is 2. The zero-order valence-electron chi connectivity index (χ0n) is 12.0. The molecule has 2 rings (SSSR count). The second-order valence-corrected chi connectivity index (χ2v) is 7.03. The summed E-state index contributed by atoms with van der Waals surface area (Å²) in [7, 11) is 0. The standard InChI is InChI=1S/C15H30N2/c1-13-6-4-9-15(12-16,10-7-13)17-11-5-8-14(17,2)3/h13H,4-12,16H2,1-3H3. The van der Waals surface area contributed by atoms with Gasteiger partial charge in [0.15, 0.2) is 0 Å². The minimum Gasteiger partial charge on any atom is -0.329 e. The predicted octanol–water partition coefficient (Wildman–Crippen LogP) is 3.16. The van der Waals surface area contributed by atoms with Crippen LogP contribution in [0, 0.1) is 5.92 Å². The maximum Gasteiger partial charge on any atom is 0.0337 e. The highest BCUT2D eigenvalue weighted by atomic mass is 15.3. The lowest BCUT2D eigenvalue weighted by Gasteiger charge is -2.48. The molecule has 2 unspecified atom stereocenters. The van der Waals surface area contributed by atoms with Crippen molar-refractivity contribution in [1.82, 2.24) is 4.90 Å². The second kappa shape index (κ2) is 4.89. The Kier molecular flexibility index (Phi) is 3.84. The lowest BCUT2D eigenvalue weighted by Crippen LogP contribution is -2.58. The quantitative estimate of drug-likeness (QED) is 0.749. The Bertz CT molecular complexity index is 262. The predicted molar refractivity (Wildman–Crippen MR) is 74.1 cm³/mol. The van der Waals surface area contributed by atoms with Crippen molar-refractivity contribution in [3.05, 3.63) is 0 Å². The summed E-state index contributed by atoms with van der Waals surface area (Å²) >= 11 is 0. The third-order valence-electron chi connectivity index (χ3n) is 5.30. The van der Waals surface area contributed by atoms with Crippen molar-refractivity contribution >= 4 is 0 Å². The summed E-state index contributed by atoms with van der Waals surface area (Å²) in [5, 5.41) is 0. The van der Waals surface area contributed by atoms with E-state index in [0.717, 1.165) is 12.5 Å². The van der Waals surface area contributed by atoms with Crippen LogP contribution in [0.15, 0.2) is 0 Å². The fourth-order valence-corrected chi connectivity index (χ4v) is 4.13. The van der Waals surface area contributed by atoms with Gasteiger partial charge < -0.3 is 5.73 Å². The van der Waals surface area contributed by atoms with E-state index in [4.69, 9.17) is 5.73 Å². The number of nitrogens with zero attached hydrogens (tertiary/aromatic N) is 1. The van der Waals surface area contributed by atoms with Crippen LogP contribution in [0.1, 0.15) is 65.7 Å². The summed E-state index contributed by atoms with van der Waals surface area (Å²) in [4.78, 5) is 2.76. The van der Waals surface area contributed by atoms with Gasteiger partial charge in [0, 0.05) is 17.6 Å². The van der Waals surface area contributed by atoms with E-state index < -0.39 is 0 Å². The van der Waals surface area contributed by atoms with Gasteiger partial charge in [0.1, 0.15) is 0 Å². The molecule has 2 atom stereocenters. The second-order valence-electron chi connectivity index (χ2n) is 7.03. The van der Waals surface area contributed by atoms with Crippen LogP contribution in [-0.2, 0) is 0 Å². The molecule has 2 heteroatoms. The van der Waals surface area contributed by atoms with Crippen LogP contribution in [0.4, 0.5) is 0 Å². The Labute approximate surface area is 107 Å². The van der Waals surface area contributed by atoms with Crippen molar-refractivity contribution in [3.63, 3.8) is 0 Å². The van der Waals surface area contributed by atoms with Gasteiger partial charge in [0.05, 0.1) is 0 Å². The summed E-state index contributed by atoms with van der Waals surface area (Å²) in [5.41, 5.74) is 6.89. The van der Waals surface area contributed by atoms with E-state index in [-0.39, 0.29) is 0 Å². The third-order valence-corrected chi connectivity index (χ3v) is 5.30. The Hall–Kier alpha value is -0.0800. The van der Waals surface area contributed by atoms with Crippen LogP contribution in [0.25, 0.3) is 0 Å². The molecule has 0 radical (unpaired) electrons. The molecule has 1 saturated heterocycles. The van der Waals surface area contributed by atoms with E-state index in [1.54, 1.807) is 0 Å². The largest absolute Gasteiger partial charge is 0.329 e. The average molecular weight is 238 g/mol. The molecule has 0 aromatic carbocycles. The molecule has 0 amide bonds. The van der Waals surface area contributed by atoms with Gasteiger partial charge >= 0.3 is 0 Å². The van der Waals surface area contributed by atoms with E-state index in [9.17, 15) is 0 Å². The topological polar surface area (TPSA) is 29.3 Å². The number of hydrogen-bond acceptors (Lipinski definition) is 2. The van der Waals surface area contributed by atoms with E-state index in [1.807, 2.05) is 0 Å². The number of hydrogen-bond donors (Lipinski definition) is 1. The summed E-state index contributed by atoms with van der Waals surface area (Å²) in [5.74, 6) is 0.897. The Balaban J connectivity index is 2.18. The summed E-state index contributed by atoms with van der Waals surface area (Å²) in [6.07, 6.45) is 9.45. The molecule has 1 aliphatic carbocycles. The fourth-order valence-electron chi connectivity index (χ4n) is 4.13. The van der Waals surface area contributed by atoms with E-state index in [2.05, 4.69) is 25.7 Å². The van der Waals surface area contributed by atoms with Gasteiger partial charge in [-0.25, -0.2) is 0 Å². The molecule has 0 spiro atoms. The number of nitrogens with two attached hydrogens (primary N) is 1. The van der Waals surface area contributed by atoms with Crippen LogP contribution in [0.5, 0.6) is 0 Å². The van der Waals surface area contributed by atoms with Gasteiger partial charge in [-0.2, -0.15) is 0 Å². The first-order valence-electron chi connectivity index (χ1n) is 7.48. The van der Waals surface area contributed by atoms with Gasteiger partial charge in [0.2, 0.25) is 0 Å². The summed E-state index contributed by atoms with van der Waals surface area (Å²) in [6.45, 7) is 9.33. The molecular formula is C15H30N2. The molecule has 0 aromatic rings. The molecule has 2 nitrogen and oxygen atoms in total. The minimum atomic E-state index is 0.310. The molecule has 100 valence electrons. The highest BCUT2D eigenvalue weighted by molar-refractivity contribution is 5.02. The molecule has 1 heterocycles. The van der Waals surface area contributed by atoms with E-state index in [1.165, 1.54) is 51.5 Å². The van der Waals surface area contributed by atoms with Gasteiger partial charge in [-0.15, -0.1) is 0 Å². The molecule has 1 saturated carbocycles. The van der Waals surface area contributed by atoms with Gasteiger partial charge in [-0.1, -0.05) is 19.8 Å². The summed E-state index contributed by atoms with van der Waals surface area (Å²) in [6, 6.07) is 0. The highest BCUT2D eigenvalue weighted by Crippen LogP contribution is 2.42. The molecule has 17 heavy (non-hydrogen) atoms. The van der Waals surface area contributed by atoms with Crippen molar-refractivity contribution in [2.75, 3.05) is 13.1 Å². The van der Waals surface area contributed by atoms with Crippen LogP contribution in [-0.4, -0.2) is 29.1 Å². The Morgan fingerprint density at radius 2 is 1.88 bits per heavy atom. The van der Waals surface area contributed by atoms with Crippen LogP contribution < -0.4 is 5.73 Å². The zero-order valence-corrected chi connectivity index (χ0v) is 12.0. The first-order chi connectivity index (χ1) is 8.00. The van der Waals surface area contributed by atoms with Crippen molar-refractivity contribution < 1.29 is 0 Å². The monoisotopic (exact) mass is 238 g/mol. The lowest BCUT2D eigenvalue weighted by molar-refractivity contribution is 0.0226.